The first kappa shape index (κ1) is 29.9. The van der Waals surface area contributed by atoms with Gasteiger partial charge in [0.1, 0.15) is 17.2 Å². The second-order valence-corrected chi connectivity index (χ2v) is 9.25. The van der Waals surface area contributed by atoms with Gasteiger partial charge in [0.2, 0.25) is 0 Å². The van der Waals surface area contributed by atoms with E-state index in [1.54, 1.807) is 41.5 Å². The molecule has 0 aromatic rings. The van der Waals surface area contributed by atoms with Crippen LogP contribution >= 0.6 is 0 Å². The van der Waals surface area contributed by atoms with Crippen LogP contribution in [-0.4, -0.2) is 69.6 Å². The third-order valence-electron chi connectivity index (χ3n) is 3.93. The summed E-state index contributed by atoms with van der Waals surface area (Å²) < 4.78 is 15.3. The number of ether oxygens (including phenoxy) is 3. The minimum atomic E-state index is -1.40. The van der Waals surface area contributed by atoms with Gasteiger partial charge in [0.25, 0.3) is 0 Å². The Bertz CT molecular complexity index is 717. The molecule has 2 amide bonds. The fourth-order valence-corrected chi connectivity index (χ4v) is 2.54. The molecule has 0 radical (unpaired) electrons. The first-order valence-corrected chi connectivity index (χ1v) is 10.4. The lowest BCUT2D eigenvalue weighted by Gasteiger charge is -2.32. The number of hydrogen-bond donors (Lipinski definition) is 2. The summed E-state index contributed by atoms with van der Waals surface area (Å²) in [6, 6.07) is -1.40. The molecule has 0 aromatic heterocycles. The van der Waals surface area contributed by atoms with Crippen molar-refractivity contribution in [1.29, 1.82) is 0 Å². The van der Waals surface area contributed by atoms with E-state index in [1.807, 2.05) is 0 Å². The van der Waals surface area contributed by atoms with Crippen molar-refractivity contribution in [2.45, 2.75) is 84.5 Å². The number of rotatable bonds is 10. The third kappa shape index (κ3) is 12.5. The van der Waals surface area contributed by atoms with Crippen LogP contribution < -0.4 is 0 Å². The molecule has 0 rings (SSSR count). The summed E-state index contributed by atoms with van der Waals surface area (Å²) in [5.41, 5.74) is -1.92. The summed E-state index contributed by atoms with van der Waals surface area (Å²) in [5.74, 6) is -4.24. The standard InChI is InChI=1S/C22H35NO10/c1-21(2,3)32-19(29)23(20(30)33-22(4,5)6)15(18(28)31-7)11-9-8-10-14(17(26)27)12-13-16(24)25/h8,10,14-15H,9,11-13H2,1-7H3,(H,24,25)(H,26,27)/b10-8+/t14-,15+/m1/s1. The largest absolute Gasteiger partial charge is 0.481 e. The van der Waals surface area contributed by atoms with Gasteiger partial charge < -0.3 is 24.4 Å². The topological polar surface area (TPSA) is 157 Å². The van der Waals surface area contributed by atoms with E-state index in [0.29, 0.717) is 4.90 Å². The number of methoxy groups -OCH3 is 1. The Labute approximate surface area is 193 Å². The summed E-state index contributed by atoms with van der Waals surface area (Å²) >= 11 is 0. The number of hydrogen-bond acceptors (Lipinski definition) is 8. The van der Waals surface area contributed by atoms with Crippen molar-refractivity contribution in [1.82, 2.24) is 4.90 Å². The van der Waals surface area contributed by atoms with Gasteiger partial charge in [0.15, 0.2) is 0 Å². The first-order valence-electron chi connectivity index (χ1n) is 10.4. The van der Waals surface area contributed by atoms with Crippen molar-refractivity contribution in [3.8, 4) is 0 Å². The van der Waals surface area contributed by atoms with Gasteiger partial charge in [-0.25, -0.2) is 14.4 Å². The van der Waals surface area contributed by atoms with Gasteiger partial charge in [-0.05, 0) is 60.8 Å². The Morgan fingerprint density at radius 1 is 0.879 bits per heavy atom. The molecular formula is C22H35NO10. The number of carboxylic acids is 2. The molecule has 0 aliphatic rings. The van der Waals surface area contributed by atoms with Crippen molar-refractivity contribution < 1.29 is 48.4 Å². The van der Waals surface area contributed by atoms with Crippen molar-refractivity contribution in [2.24, 2.45) is 5.92 Å². The zero-order chi connectivity index (χ0) is 26.0. The number of amides is 2. The molecule has 0 bridgehead atoms. The molecule has 11 heteroatoms. The number of carboxylic acid groups (broad SMARTS) is 2. The van der Waals surface area contributed by atoms with Gasteiger partial charge in [-0.3, -0.25) is 9.59 Å². The number of imide groups is 1. The van der Waals surface area contributed by atoms with Crippen LogP contribution in [0.5, 0.6) is 0 Å². The lowest BCUT2D eigenvalue weighted by Crippen LogP contribution is -2.52. The van der Waals surface area contributed by atoms with Gasteiger partial charge >= 0.3 is 30.1 Å². The maximum absolute atomic E-state index is 12.8. The first-order chi connectivity index (χ1) is 15.0. The van der Waals surface area contributed by atoms with Gasteiger partial charge in [-0.1, -0.05) is 12.2 Å². The third-order valence-corrected chi connectivity index (χ3v) is 3.93. The maximum atomic E-state index is 12.8. The lowest BCUT2D eigenvalue weighted by molar-refractivity contribution is -0.147. The minimum absolute atomic E-state index is 0.0821. The molecule has 2 atom stereocenters. The molecular weight excluding hydrogens is 438 g/mol. The highest BCUT2D eigenvalue weighted by Gasteiger charge is 2.40. The Morgan fingerprint density at radius 3 is 1.73 bits per heavy atom. The average molecular weight is 474 g/mol. The van der Waals surface area contributed by atoms with E-state index in [0.717, 1.165) is 7.11 Å². The summed E-state index contributed by atoms with van der Waals surface area (Å²) in [7, 11) is 1.10. The highest BCUT2D eigenvalue weighted by molar-refractivity contribution is 5.94. The molecule has 0 aromatic carbocycles. The van der Waals surface area contributed by atoms with Crippen LogP contribution in [0.15, 0.2) is 12.2 Å². The van der Waals surface area contributed by atoms with Crippen molar-refractivity contribution in [3.63, 3.8) is 0 Å². The van der Waals surface area contributed by atoms with E-state index in [2.05, 4.69) is 0 Å². The summed E-state index contributed by atoms with van der Waals surface area (Å²) in [4.78, 5) is 60.5. The Hall–Kier alpha value is -3.11. The van der Waals surface area contributed by atoms with Crippen LogP contribution in [0, 0.1) is 5.92 Å². The highest BCUT2D eigenvalue weighted by Crippen LogP contribution is 2.20. The van der Waals surface area contributed by atoms with E-state index < -0.39 is 53.3 Å². The van der Waals surface area contributed by atoms with E-state index in [9.17, 15) is 29.1 Å². The number of carbonyl (C=O) groups is 5. The van der Waals surface area contributed by atoms with Crippen LogP contribution in [0.1, 0.15) is 67.2 Å². The Morgan fingerprint density at radius 2 is 1.36 bits per heavy atom. The van der Waals surface area contributed by atoms with E-state index in [-0.39, 0.29) is 25.7 Å². The second kappa shape index (κ2) is 12.8. The zero-order valence-electron chi connectivity index (χ0n) is 20.2. The number of nitrogens with zero attached hydrogens (tertiary/aromatic N) is 1. The lowest BCUT2D eigenvalue weighted by atomic mass is 10.0. The van der Waals surface area contributed by atoms with E-state index in [4.69, 9.17) is 19.3 Å². The van der Waals surface area contributed by atoms with Crippen LogP contribution in [0.3, 0.4) is 0 Å². The fraction of sp³-hybridized carbons (Fsp3) is 0.682. The van der Waals surface area contributed by atoms with Crippen LogP contribution in [0.2, 0.25) is 0 Å². The number of allylic oxidation sites excluding steroid dienone is 1. The van der Waals surface area contributed by atoms with Gasteiger partial charge in [-0.15, -0.1) is 0 Å². The fourth-order valence-electron chi connectivity index (χ4n) is 2.54. The predicted molar refractivity (Wildman–Crippen MR) is 116 cm³/mol. The van der Waals surface area contributed by atoms with E-state index in [1.165, 1.54) is 12.2 Å². The molecule has 2 N–H and O–H groups in total. The SMILES string of the molecule is COC(=O)[C@H](CC/C=C/[C@H](CCC(=O)O)C(=O)O)N(C(=O)OC(C)(C)C)C(=O)OC(C)(C)C. The van der Waals surface area contributed by atoms with Crippen LogP contribution in [0.4, 0.5) is 9.59 Å². The molecule has 0 aliphatic carbocycles. The van der Waals surface area contributed by atoms with Crippen LogP contribution in [0.25, 0.3) is 0 Å². The number of esters is 1. The average Bonchev–Trinajstić information content (AvgIpc) is 2.61. The normalized spacial score (nSPS) is 13.7. The molecule has 0 saturated heterocycles. The second-order valence-electron chi connectivity index (χ2n) is 9.25. The molecule has 188 valence electrons. The number of carbonyl (C=O) groups excluding carboxylic acids is 3. The maximum Gasteiger partial charge on any atom is 0.420 e. The minimum Gasteiger partial charge on any atom is -0.481 e. The molecule has 0 heterocycles. The van der Waals surface area contributed by atoms with Crippen molar-refractivity contribution in [3.05, 3.63) is 12.2 Å². The predicted octanol–water partition coefficient (Wildman–Crippen LogP) is 3.60. The van der Waals surface area contributed by atoms with Gasteiger partial charge in [-0.2, -0.15) is 4.90 Å². The summed E-state index contributed by atoms with van der Waals surface area (Å²) in [6.45, 7) is 9.57. The molecule has 0 unspecified atom stereocenters. The molecule has 0 fully saturated rings. The molecule has 0 saturated carbocycles. The Balaban J connectivity index is 5.73. The zero-order valence-corrected chi connectivity index (χ0v) is 20.2. The molecule has 11 nitrogen and oxygen atoms in total. The molecule has 0 aliphatic heterocycles. The van der Waals surface area contributed by atoms with Crippen LogP contribution in [-0.2, 0) is 28.6 Å². The summed E-state index contributed by atoms with van der Waals surface area (Å²) in [6.07, 6.45) is 0.109. The van der Waals surface area contributed by atoms with Gasteiger partial charge in [0, 0.05) is 6.42 Å². The quantitative estimate of drug-likeness (QED) is 0.273. The molecule has 0 spiro atoms. The highest BCUT2D eigenvalue weighted by atomic mass is 16.6. The van der Waals surface area contributed by atoms with Crippen molar-refractivity contribution >= 4 is 30.1 Å². The number of aliphatic carboxylic acids is 2. The van der Waals surface area contributed by atoms with Crippen molar-refractivity contribution in [2.75, 3.05) is 7.11 Å². The van der Waals surface area contributed by atoms with Gasteiger partial charge in [0.05, 0.1) is 13.0 Å². The van der Waals surface area contributed by atoms with E-state index >= 15 is 0 Å². The smallest absolute Gasteiger partial charge is 0.420 e. The Kier molecular flexibility index (Phi) is 11.6. The molecule has 33 heavy (non-hydrogen) atoms. The monoisotopic (exact) mass is 473 g/mol. The summed E-state index contributed by atoms with van der Waals surface area (Å²) in [5, 5.41) is 18.0.